The number of amides is 1. The summed E-state index contributed by atoms with van der Waals surface area (Å²) in [4.78, 5) is 13.8. The van der Waals surface area contributed by atoms with Crippen molar-refractivity contribution in [3.63, 3.8) is 0 Å². The highest BCUT2D eigenvalue weighted by Crippen LogP contribution is 2.37. The van der Waals surface area contributed by atoms with Gasteiger partial charge in [-0.1, -0.05) is 6.92 Å². The molecule has 2 heterocycles. The molecule has 0 spiro atoms. The van der Waals surface area contributed by atoms with E-state index in [9.17, 15) is 4.79 Å². The first-order valence-electron chi connectivity index (χ1n) is 5.48. The van der Waals surface area contributed by atoms with Gasteiger partial charge in [0.1, 0.15) is 0 Å². The molecule has 0 aliphatic carbocycles. The van der Waals surface area contributed by atoms with Gasteiger partial charge in [0, 0.05) is 24.5 Å². The molecule has 2 rings (SSSR count). The van der Waals surface area contributed by atoms with E-state index in [0.29, 0.717) is 0 Å². The highest BCUT2D eigenvalue weighted by Gasteiger charge is 2.39. The Bertz CT molecular complexity index is 211. The van der Waals surface area contributed by atoms with Crippen LogP contribution >= 0.6 is 0 Å². The van der Waals surface area contributed by atoms with E-state index in [1.54, 1.807) is 0 Å². The number of carbonyl (C=O) groups excluding carboxylic acids is 1. The third kappa shape index (κ3) is 1.64. The molecular weight excluding hydrogens is 178 g/mol. The van der Waals surface area contributed by atoms with Crippen LogP contribution in [0.15, 0.2) is 0 Å². The van der Waals surface area contributed by atoms with Crippen molar-refractivity contribution in [3.05, 3.63) is 0 Å². The molecule has 2 saturated heterocycles. The number of carbonyl (C=O) groups is 1. The molecule has 4 heteroatoms. The van der Waals surface area contributed by atoms with Crippen molar-refractivity contribution < 1.29 is 4.79 Å². The van der Waals surface area contributed by atoms with Crippen LogP contribution in [0.3, 0.4) is 0 Å². The van der Waals surface area contributed by atoms with Gasteiger partial charge in [-0.05, 0) is 25.7 Å². The van der Waals surface area contributed by atoms with Crippen LogP contribution in [0.5, 0.6) is 0 Å². The van der Waals surface area contributed by atoms with E-state index >= 15 is 0 Å². The zero-order valence-electron chi connectivity index (χ0n) is 8.70. The zero-order valence-corrected chi connectivity index (χ0v) is 8.70. The van der Waals surface area contributed by atoms with Gasteiger partial charge in [0.05, 0.1) is 0 Å². The second kappa shape index (κ2) is 3.87. The Balaban J connectivity index is 1.88. The standard InChI is InChI=1S/C10H19N3O/c1-7(10(14)12-11)6-13-8-2-3-9(13)5-4-8/h7-9H,2-6,11H2,1H3,(H,12,14). The Hall–Kier alpha value is -0.610. The Morgan fingerprint density at radius 1 is 1.43 bits per heavy atom. The molecule has 80 valence electrons. The average Bonchev–Trinajstić information content (AvgIpc) is 2.76. The van der Waals surface area contributed by atoms with Gasteiger partial charge in [-0.2, -0.15) is 0 Å². The predicted molar refractivity (Wildman–Crippen MR) is 54.2 cm³/mol. The summed E-state index contributed by atoms with van der Waals surface area (Å²) in [6.45, 7) is 2.82. The molecule has 3 N–H and O–H groups in total. The van der Waals surface area contributed by atoms with Gasteiger partial charge in [-0.3, -0.25) is 15.1 Å². The van der Waals surface area contributed by atoms with E-state index in [2.05, 4.69) is 10.3 Å². The molecule has 4 nitrogen and oxygen atoms in total. The smallest absolute Gasteiger partial charge is 0.237 e. The van der Waals surface area contributed by atoms with Crippen molar-refractivity contribution in [2.75, 3.05) is 6.54 Å². The van der Waals surface area contributed by atoms with E-state index < -0.39 is 0 Å². The number of hydrogen-bond acceptors (Lipinski definition) is 3. The minimum atomic E-state index is -0.0451. The monoisotopic (exact) mass is 197 g/mol. The second-order valence-corrected chi connectivity index (χ2v) is 4.57. The first-order chi connectivity index (χ1) is 6.72. The largest absolute Gasteiger partial charge is 0.297 e. The highest BCUT2D eigenvalue weighted by atomic mass is 16.2. The third-order valence-corrected chi connectivity index (χ3v) is 3.68. The number of rotatable bonds is 3. The van der Waals surface area contributed by atoms with Crippen LogP contribution in [-0.4, -0.2) is 29.4 Å². The Morgan fingerprint density at radius 2 is 1.93 bits per heavy atom. The van der Waals surface area contributed by atoms with Crippen molar-refractivity contribution in [2.24, 2.45) is 11.8 Å². The minimum absolute atomic E-state index is 0.0150. The highest BCUT2D eigenvalue weighted by molar-refractivity contribution is 5.77. The summed E-state index contributed by atoms with van der Waals surface area (Å²) in [5.74, 6) is 5.08. The average molecular weight is 197 g/mol. The van der Waals surface area contributed by atoms with Gasteiger partial charge in [-0.25, -0.2) is 5.84 Å². The molecule has 1 atom stereocenters. The Labute approximate surface area is 84.8 Å². The lowest BCUT2D eigenvalue weighted by Gasteiger charge is -2.24. The van der Waals surface area contributed by atoms with E-state index in [1.807, 2.05) is 6.92 Å². The fraction of sp³-hybridized carbons (Fsp3) is 0.900. The van der Waals surface area contributed by atoms with E-state index in [0.717, 1.165) is 18.6 Å². The van der Waals surface area contributed by atoms with Crippen molar-refractivity contribution in [2.45, 2.75) is 44.7 Å². The first kappa shape index (κ1) is 9.93. The number of hydrogen-bond donors (Lipinski definition) is 2. The number of nitrogens with zero attached hydrogens (tertiary/aromatic N) is 1. The van der Waals surface area contributed by atoms with Gasteiger partial charge in [0.15, 0.2) is 0 Å². The summed E-state index contributed by atoms with van der Waals surface area (Å²) in [5.41, 5.74) is 2.22. The third-order valence-electron chi connectivity index (χ3n) is 3.68. The quantitative estimate of drug-likeness (QED) is 0.387. The van der Waals surface area contributed by atoms with E-state index in [1.165, 1.54) is 25.7 Å². The lowest BCUT2D eigenvalue weighted by molar-refractivity contribution is -0.125. The molecule has 1 amide bonds. The number of fused-ring (bicyclic) bond motifs is 2. The Kier molecular flexibility index (Phi) is 2.74. The molecule has 0 aromatic heterocycles. The van der Waals surface area contributed by atoms with Crippen molar-refractivity contribution in [1.82, 2.24) is 10.3 Å². The van der Waals surface area contributed by atoms with Crippen LogP contribution in [-0.2, 0) is 4.79 Å². The van der Waals surface area contributed by atoms with Crippen LogP contribution in [0.1, 0.15) is 32.6 Å². The molecule has 0 aromatic rings. The number of hydrazine groups is 1. The van der Waals surface area contributed by atoms with E-state index in [-0.39, 0.29) is 11.8 Å². The van der Waals surface area contributed by atoms with E-state index in [4.69, 9.17) is 5.84 Å². The lowest BCUT2D eigenvalue weighted by Crippen LogP contribution is -2.42. The molecule has 2 fully saturated rings. The predicted octanol–water partition coefficient (Wildman–Crippen LogP) is 0.239. The van der Waals surface area contributed by atoms with Crippen LogP contribution in [0.25, 0.3) is 0 Å². The molecule has 0 aromatic carbocycles. The summed E-state index contributed by atoms with van der Waals surface area (Å²) in [6.07, 6.45) is 5.28. The normalized spacial score (nSPS) is 33.3. The maximum Gasteiger partial charge on any atom is 0.237 e. The molecular formula is C10H19N3O. The van der Waals surface area contributed by atoms with Crippen molar-refractivity contribution >= 4 is 5.91 Å². The summed E-state index contributed by atoms with van der Waals surface area (Å²) >= 11 is 0. The second-order valence-electron chi connectivity index (χ2n) is 4.57. The maximum atomic E-state index is 11.3. The molecule has 1 unspecified atom stereocenters. The van der Waals surface area contributed by atoms with Gasteiger partial charge < -0.3 is 0 Å². The maximum absolute atomic E-state index is 11.3. The van der Waals surface area contributed by atoms with Gasteiger partial charge >= 0.3 is 0 Å². The van der Waals surface area contributed by atoms with Crippen LogP contribution in [0, 0.1) is 5.92 Å². The molecule has 2 aliphatic heterocycles. The zero-order chi connectivity index (χ0) is 10.1. The molecule has 2 bridgehead atoms. The summed E-state index contributed by atoms with van der Waals surface area (Å²) in [5, 5.41) is 0. The van der Waals surface area contributed by atoms with Crippen LogP contribution in [0.4, 0.5) is 0 Å². The fourth-order valence-corrected chi connectivity index (χ4v) is 2.86. The van der Waals surface area contributed by atoms with Gasteiger partial charge in [0.25, 0.3) is 0 Å². The SMILES string of the molecule is CC(CN1C2CCC1CC2)C(=O)NN. The van der Waals surface area contributed by atoms with Crippen molar-refractivity contribution in [3.8, 4) is 0 Å². The summed E-state index contributed by atoms with van der Waals surface area (Å²) < 4.78 is 0. The lowest BCUT2D eigenvalue weighted by atomic mass is 10.0. The number of nitrogens with one attached hydrogen (secondary N) is 1. The van der Waals surface area contributed by atoms with Gasteiger partial charge in [0.2, 0.25) is 5.91 Å². The van der Waals surface area contributed by atoms with Crippen LogP contribution < -0.4 is 11.3 Å². The summed E-state index contributed by atoms with van der Waals surface area (Å²) in [6, 6.07) is 1.49. The molecule has 0 saturated carbocycles. The fourth-order valence-electron chi connectivity index (χ4n) is 2.86. The first-order valence-corrected chi connectivity index (χ1v) is 5.48. The van der Waals surface area contributed by atoms with Crippen LogP contribution in [0.2, 0.25) is 0 Å². The molecule has 2 aliphatic rings. The van der Waals surface area contributed by atoms with Gasteiger partial charge in [-0.15, -0.1) is 0 Å². The minimum Gasteiger partial charge on any atom is -0.297 e. The topological polar surface area (TPSA) is 58.4 Å². The molecule has 14 heavy (non-hydrogen) atoms. The van der Waals surface area contributed by atoms with Crippen molar-refractivity contribution in [1.29, 1.82) is 0 Å². The molecule has 0 radical (unpaired) electrons. The summed E-state index contributed by atoms with van der Waals surface area (Å²) in [7, 11) is 0. The number of nitrogens with two attached hydrogens (primary N) is 1. The Morgan fingerprint density at radius 3 is 2.36 bits per heavy atom.